The minimum absolute atomic E-state index is 0.0535. The predicted octanol–water partition coefficient (Wildman–Crippen LogP) is 5.57. The third kappa shape index (κ3) is 4.19. The minimum Gasteiger partial charge on any atom is -0.403 e. The fourth-order valence-electron chi connectivity index (χ4n) is 3.50. The van der Waals surface area contributed by atoms with Crippen molar-refractivity contribution in [2.45, 2.75) is 32.4 Å². The zero-order valence-corrected chi connectivity index (χ0v) is 19.1. The molecule has 2 aromatic carbocycles. The van der Waals surface area contributed by atoms with Gasteiger partial charge in [0.25, 0.3) is 8.32 Å². The molecule has 1 heterocycles. The summed E-state index contributed by atoms with van der Waals surface area (Å²) in [7, 11) is -2.55. The second kappa shape index (κ2) is 8.27. The van der Waals surface area contributed by atoms with Crippen molar-refractivity contribution in [1.29, 1.82) is 0 Å². The van der Waals surface area contributed by atoms with Crippen molar-refractivity contribution in [2.75, 3.05) is 0 Å². The van der Waals surface area contributed by atoms with E-state index in [1.807, 2.05) is 6.07 Å². The highest BCUT2D eigenvalue weighted by Gasteiger charge is 2.50. The van der Waals surface area contributed by atoms with Crippen molar-refractivity contribution < 1.29 is 4.43 Å². The maximum atomic E-state index is 6.90. The fourth-order valence-corrected chi connectivity index (χ4v) is 8.71. The number of pyridine rings is 1. The van der Waals surface area contributed by atoms with Crippen LogP contribution in [0.2, 0.25) is 10.2 Å². The van der Waals surface area contributed by atoms with Crippen molar-refractivity contribution in [3.63, 3.8) is 0 Å². The van der Waals surface area contributed by atoms with Crippen molar-refractivity contribution in [3.05, 3.63) is 88.1 Å². The van der Waals surface area contributed by atoms with E-state index in [0.29, 0.717) is 11.8 Å². The first-order valence-corrected chi connectivity index (χ1v) is 12.0. The average molecular weight is 461 g/mol. The van der Waals surface area contributed by atoms with Gasteiger partial charge in [-0.1, -0.05) is 99.1 Å². The molecule has 0 fully saturated rings. The lowest BCUT2D eigenvalue weighted by Crippen LogP contribution is -2.66. The molecule has 0 radical (unpaired) electrons. The Morgan fingerprint density at radius 2 is 1.41 bits per heavy atom. The lowest BCUT2D eigenvalue weighted by atomic mass is 10.2. The van der Waals surface area contributed by atoms with Gasteiger partial charge in [0.15, 0.2) is 0 Å². The molecule has 27 heavy (non-hydrogen) atoms. The van der Waals surface area contributed by atoms with Crippen LogP contribution in [0.4, 0.5) is 0 Å². The van der Waals surface area contributed by atoms with Gasteiger partial charge >= 0.3 is 0 Å². The largest absolute Gasteiger partial charge is 0.403 e. The lowest BCUT2D eigenvalue weighted by molar-refractivity contribution is 0.285. The van der Waals surface area contributed by atoms with Crippen molar-refractivity contribution in [1.82, 2.24) is 4.98 Å². The highest BCUT2D eigenvalue weighted by Crippen LogP contribution is 2.37. The summed E-state index contributed by atoms with van der Waals surface area (Å²) >= 11 is 9.52. The number of halogens is 2. The molecule has 0 spiro atoms. The molecule has 0 saturated carbocycles. The van der Waals surface area contributed by atoms with Gasteiger partial charge in [-0.2, -0.15) is 0 Å². The molecule has 3 rings (SSSR count). The van der Waals surface area contributed by atoms with E-state index in [2.05, 4.69) is 102 Å². The number of aromatic nitrogens is 1. The third-order valence-corrected chi connectivity index (χ3v) is 10.6. The van der Waals surface area contributed by atoms with Gasteiger partial charge in [0, 0.05) is 5.56 Å². The number of benzene rings is 2. The van der Waals surface area contributed by atoms with Gasteiger partial charge in [0.1, 0.15) is 9.76 Å². The van der Waals surface area contributed by atoms with Crippen LogP contribution in [0.5, 0.6) is 0 Å². The van der Waals surface area contributed by atoms with E-state index in [-0.39, 0.29) is 5.04 Å². The summed E-state index contributed by atoms with van der Waals surface area (Å²) in [6.07, 6.45) is 0. The molecule has 0 atom stereocenters. The van der Waals surface area contributed by atoms with Crippen LogP contribution in [0.3, 0.4) is 0 Å². The quantitative estimate of drug-likeness (QED) is 0.366. The van der Waals surface area contributed by atoms with Crippen LogP contribution in [0, 0.1) is 0 Å². The van der Waals surface area contributed by atoms with Crippen molar-refractivity contribution in [2.24, 2.45) is 0 Å². The fraction of sp³-hybridized carbons (Fsp3) is 0.227. The average Bonchev–Trinajstić information content (AvgIpc) is 2.64. The Labute approximate surface area is 175 Å². The Kier molecular flexibility index (Phi) is 6.21. The first-order chi connectivity index (χ1) is 12.8. The van der Waals surface area contributed by atoms with E-state index in [0.717, 1.165) is 10.2 Å². The molecule has 0 aliphatic heterocycles. The molecule has 3 aromatic rings. The number of nitrogens with zero attached hydrogens (tertiary/aromatic N) is 1. The van der Waals surface area contributed by atoms with Crippen LogP contribution >= 0.6 is 27.5 Å². The van der Waals surface area contributed by atoms with E-state index < -0.39 is 8.32 Å². The molecule has 0 aliphatic carbocycles. The van der Waals surface area contributed by atoms with Crippen molar-refractivity contribution in [3.8, 4) is 0 Å². The topological polar surface area (TPSA) is 22.1 Å². The van der Waals surface area contributed by atoms with E-state index in [4.69, 9.17) is 16.0 Å². The van der Waals surface area contributed by atoms with Crippen LogP contribution in [-0.2, 0) is 11.0 Å². The summed E-state index contributed by atoms with van der Waals surface area (Å²) in [6.45, 7) is 7.29. The maximum Gasteiger partial charge on any atom is 0.261 e. The third-order valence-electron chi connectivity index (χ3n) is 4.75. The highest BCUT2D eigenvalue weighted by molar-refractivity contribution is 9.10. The molecule has 140 valence electrons. The normalized spacial score (nSPS) is 12.2. The van der Waals surface area contributed by atoms with Gasteiger partial charge in [0.05, 0.1) is 6.61 Å². The monoisotopic (exact) mass is 459 g/mol. The van der Waals surface area contributed by atoms with Crippen LogP contribution in [0.25, 0.3) is 0 Å². The molecule has 0 unspecified atom stereocenters. The molecular formula is C22H23BrClNOSi. The van der Waals surface area contributed by atoms with Gasteiger partial charge in [-0.25, -0.2) is 4.98 Å². The molecule has 2 nitrogen and oxygen atoms in total. The van der Waals surface area contributed by atoms with Crippen LogP contribution < -0.4 is 10.4 Å². The first kappa shape index (κ1) is 20.3. The van der Waals surface area contributed by atoms with E-state index in [1.165, 1.54) is 10.4 Å². The summed E-state index contributed by atoms with van der Waals surface area (Å²) in [5.41, 5.74) is 0.993. The number of hydrogen-bond acceptors (Lipinski definition) is 2. The van der Waals surface area contributed by atoms with Crippen LogP contribution in [0.15, 0.2) is 77.4 Å². The summed E-state index contributed by atoms with van der Waals surface area (Å²) in [5, 5.41) is 2.95. The van der Waals surface area contributed by atoms with Gasteiger partial charge in [-0.3, -0.25) is 0 Å². The molecule has 0 amide bonds. The summed E-state index contributed by atoms with van der Waals surface area (Å²) in [6, 6.07) is 25.0. The van der Waals surface area contributed by atoms with Gasteiger partial charge in [0.2, 0.25) is 0 Å². The summed E-state index contributed by atoms with van der Waals surface area (Å²) in [4.78, 5) is 4.30. The standard InChI is InChI=1S/C22H23BrClNOSi/c1-22(2,3)27(18-10-6-4-7-11-18,19-12-8-5-9-13-19)26-16-17-14-15-20(24)25-21(17)23/h4-15H,16H2,1-3H3. The SMILES string of the molecule is CC(C)(C)[Si](OCc1ccc(Cl)nc1Br)(c1ccccc1)c1ccccc1. The predicted molar refractivity (Wildman–Crippen MR) is 119 cm³/mol. The van der Waals surface area contributed by atoms with E-state index >= 15 is 0 Å². The summed E-state index contributed by atoms with van der Waals surface area (Å²) in [5.74, 6) is 0. The Hall–Kier alpha value is -1.46. The molecule has 0 N–H and O–H groups in total. The molecule has 0 bridgehead atoms. The molecule has 5 heteroatoms. The molecule has 0 saturated heterocycles. The van der Waals surface area contributed by atoms with E-state index in [9.17, 15) is 0 Å². The lowest BCUT2D eigenvalue weighted by Gasteiger charge is -2.43. The Bertz CT molecular complexity index is 858. The Balaban J connectivity index is 2.12. The van der Waals surface area contributed by atoms with Gasteiger partial charge in [-0.15, -0.1) is 0 Å². The molecule has 0 aliphatic rings. The zero-order chi connectivity index (χ0) is 19.5. The molecule has 1 aromatic heterocycles. The van der Waals surface area contributed by atoms with Crippen LogP contribution in [-0.4, -0.2) is 13.3 Å². The van der Waals surface area contributed by atoms with E-state index in [1.54, 1.807) is 6.07 Å². The minimum atomic E-state index is -2.55. The first-order valence-electron chi connectivity index (χ1n) is 8.90. The second-order valence-electron chi connectivity index (χ2n) is 7.54. The Morgan fingerprint density at radius 1 is 0.889 bits per heavy atom. The van der Waals surface area contributed by atoms with Gasteiger partial charge in [-0.05, 0) is 37.4 Å². The number of rotatable bonds is 5. The molecular weight excluding hydrogens is 438 g/mol. The summed E-state index contributed by atoms with van der Waals surface area (Å²) < 4.78 is 7.63. The maximum absolute atomic E-state index is 6.90. The van der Waals surface area contributed by atoms with Crippen molar-refractivity contribution >= 4 is 46.2 Å². The zero-order valence-electron chi connectivity index (χ0n) is 15.7. The highest BCUT2D eigenvalue weighted by atomic mass is 79.9. The number of hydrogen-bond donors (Lipinski definition) is 0. The van der Waals surface area contributed by atoms with Gasteiger partial charge < -0.3 is 4.43 Å². The Morgan fingerprint density at radius 3 is 1.85 bits per heavy atom. The second-order valence-corrected chi connectivity index (χ2v) is 13.0. The van der Waals surface area contributed by atoms with Crippen LogP contribution in [0.1, 0.15) is 26.3 Å². The smallest absolute Gasteiger partial charge is 0.261 e.